The van der Waals surface area contributed by atoms with Gasteiger partial charge in [-0.15, -0.1) is 0 Å². The SMILES string of the molecule is Cc1nc(N)nc(-c2cccnc2)n1. The summed E-state index contributed by atoms with van der Waals surface area (Å²) in [7, 11) is 0. The number of hydrogen-bond donors (Lipinski definition) is 1. The summed E-state index contributed by atoms with van der Waals surface area (Å²) in [5.41, 5.74) is 6.35. The molecule has 0 fully saturated rings. The minimum absolute atomic E-state index is 0.233. The molecule has 0 aromatic carbocycles. The first-order valence-electron chi connectivity index (χ1n) is 4.14. The van der Waals surface area contributed by atoms with E-state index in [2.05, 4.69) is 19.9 Å². The molecule has 0 unspecified atom stereocenters. The van der Waals surface area contributed by atoms with E-state index >= 15 is 0 Å². The molecule has 5 nitrogen and oxygen atoms in total. The van der Waals surface area contributed by atoms with E-state index in [0.29, 0.717) is 11.6 Å². The first-order chi connectivity index (χ1) is 6.75. The Balaban J connectivity index is 2.52. The lowest BCUT2D eigenvalue weighted by molar-refractivity contribution is 0.995. The van der Waals surface area contributed by atoms with Crippen LogP contribution in [-0.4, -0.2) is 19.9 Å². The maximum Gasteiger partial charge on any atom is 0.223 e. The summed E-state index contributed by atoms with van der Waals surface area (Å²) < 4.78 is 0. The van der Waals surface area contributed by atoms with Crippen LogP contribution in [0.25, 0.3) is 11.4 Å². The third-order valence-electron chi connectivity index (χ3n) is 1.68. The smallest absolute Gasteiger partial charge is 0.223 e. The van der Waals surface area contributed by atoms with Crippen LogP contribution in [0.2, 0.25) is 0 Å². The van der Waals surface area contributed by atoms with Gasteiger partial charge in [0, 0.05) is 18.0 Å². The highest BCUT2D eigenvalue weighted by molar-refractivity contribution is 5.53. The highest BCUT2D eigenvalue weighted by Gasteiger charge is 2.03. The first-order valence-corrected chi connectivity index (χ1v) is 4.14. The van der Waals surface area contributed by atoms with Crippen molar-refractivity contribution in [3.8, 4) is 11.4 Å². The van der Waals surface area contributed by atoms with E-state index in [9.17, 15) is 0 Å². The molecule has 0 radical (unpaired) electrons. The number of aromatic nitrogens is 4. The standard InChI is InChI=1S/C9H9N5/c1-6-12-8(14-9(10)13-6)7-3-2-4-11-5-7/h2-5H,1H3,(H2,10,12,13,14). The summed E-state index contributed by atoms with van der Waals surface area (Å²) in [5.74, 6) is 1.40. The number of nitrogens with zero attached hydrogens (tertiary/aromatic N) is 4. The molecule has 2 rings (SSSR count). The number of nitrogen functional groups attached to an aromatic ring is 1. The van der Waals surface area contributed by atoms with Gasteiger partial charge in [0.15, 0.2) is 5.82 Å². The van der Waals surface area contributed by atoms with Crippen LogP contribution in [0.1, 0.15) is 5.82 Å². The van der Waals surface area contributed by atoms with Gasteiger partial charge in [-0.25, -0.2) is 4.98 Å². The molecule has 0 amide bonds. The molecule has 5 heteroatoms. The first kappa shape index (κ1) is 8.55. The summed E-state index contributed by atoms with van der Waals surface area (Å²) in [6.07, 6.45) is 3.38. The van der Waals surface area contributed by atoms with E-state index in [1.54, 1.807) is 19.3 Å². The Morgan fingerprint density at radius 3 is 2.71 bits per heavy atom. The van der Waals surface area contributed by atoms with Crippen molar-refractivity contribution in [1.29, 1.82) is 0 Å². The summed E-state index contributed by atoms with van der Waals surface area (Å²) >= 11 is 0. The Hall–Kier alpha value is -2.04. The second kappa shape index (κ2) is 3.37. The fourth-order valence-electron chi connectivity index (χ4n) is 1.13. The minimum Gasteiger partial charge on any atom is -0.368 e. The second-order valence-electron chi connectivity index (χ2n) is 2.81. The highest BCUT2D eigenvalue weighted by Crippen LogP contribution is 2.12. The van der Waals surface area contributed by atoms with Crippen LogP contribution in [0.5, 0.6) is 0 Å². The molecule has 0 spiro atoms. The van der Waals surface area contributed by atoms with Crippen LogP contribution >= 0.6 is 0 Å². The van der Waals surface area contributed by atoms with Crippen molar-refractivity contribution < 1.29 is 0 Å². The fraction of sp³-hybridized carbons (Fsp3) is 0.111. The summed E-state index contributed by atoms with van der Waals surface area (Å²) in [4.78, 5) is 16.1. The number of anilines is 1. The molecule has 2 heterocycles. The lowest BCUT2D eigenvalue weighted by Crippen LogP contribution is -2.01. The molecule has 70 valence electrons. The van der Waals surface area contributed by atoms with Crippen molar-refractivity contribution in [3.05, 3.63) is 30.4 Å². The summed E-state index contributed by atoms with van der Waals surface area (Å²) in [5, 5.41) is 0. The molecular weight excluding hydrogens is 178 g/mol. The van der Waals surface area contributed by atoms with Crippen LogP contribution in [0, 0.1) is 6.92 Å². The molecule has 0 aliphatic rings. The highest BCUT2D eigenvalue weighted by atomic mass is 15.1. The Labute approximate surface area is 81.1 Å². The van der Waals surface area contributed by atoms with E-state index in [-0.39, 0.29) is 5.95 Å². The predicted octanol–water partition coefficient (Wildman–Crippen LogP) is 0.824. The van der Waals surface area contributed by atoms with E-state index in [0.717, 1.165) is 5.56 Å². The van der Waals surface area contributed by atoms with Crippen LogP contribution in [0.15, 0.2) is 24.5 Å². The van der Waals surface area contributed by atoms with Gasteiger partial charge in [0.25, 0.3) is 0 Å². The molecule has 14 heavy (non-hydrogen) atoms. The number of nitrogens with two attached hydrogens (primary N) is 1. The molecule has 2 N–H and O–H groups in total. The molecule has 0 atom stereocenters. The van der Waals surface area contributed by atoms with Crippen molar-refractivity contribution >= 4 is 5.95 Å². The zero-order valence-electron chi connectivity index (χ0n) is 7.68. The Morgan fingerprint density at radius 2 is 2.07 bits per heavy atom. The molecule has 0 aliphatic carbocycles. The van der Waals surface area contributed by atoms with Crippen molar-refractivity contribution in [2.45, 2.75) is 6.92 Å². The second-order valence-corrected chi connectivity index (χ2v) is 2.81. The molecular formula is C9H9N5. The molecule has 0 bridgehead atoms. The van der Waals surface area contributed by atoms with Crippen LogP contribution in [-0.2, 0) is 0 Å². The molecule has 0 saturated carbocycles. The van der Waals surface area contributed by atoms with E-state index < -0.39 is 0 Å². The predicted molar refractivity (Wildman–Crippen MR) is 52.2 cm³/mol. The summed E-state index contributed by atoms with van der Waals surface area (Å²) in [6.45, 7) is 1.78. The zero-order valence-corrected chi connectivity index (χ0v) is 7.68. The van der Waals surface area contributed by atoms with Gasteiger partial charge in [0.2, 0.25) is 5.95 Å². The van der Waals surface area contributed by atoms with Gasteiger partial charge in [-0.05, 0) is 19.1 Å². The lowest BCUT2D eigenvalue weighted by atomic mass is 10.3. The number of rotatable bonds is 1. The molecule has 2 aromatic heterocycles. The van der Waals surface area contributed by atoms with E-state index in [1.165, 1.54) is 0 Å². The van der Waals surface area contributed by atoms with Gasteiger partial charge < -0.3 is 5.73 Å². The zero-order chi connectivity index (χ0) is 9.97. The average molecular weight is 187 g/mol. The lowest BCUT2D eigenvalue weighted by Gasteiger charge is -2.00. The Morgan fingerprint density at radius 1 is 1.21 bits per heavy atom. The number of pyridine rings is 1. The quantitative estimate of drug-likeness (QED) is 0.715. The maximum atomic E-state index is 5.51. The molecule has 0 saturated heterocycles. The summed E-state index contributed by atoms with van der Waals surface area (Å²) in [6, 6.07) is 3.70. The molecule has 2 aromatic rings. The maximum absolute atomic E-state index is 5.51. The average Bonchev–Trinajstić information content (AvgIpc) is 2.18. The largest absolute Gasteiger partial charge is 0.368 e. The van der Waals surface area contributed by atoms with Gasteiger partial charge in [-0.3, -0.25) is 4.98 Å². The number of aryl methyl sites for hydroxylation is 1. The number of hydrogen-bond acceptors (Lipinski definition) is 5. The van der Waals surface area contributed by atoms with Gasteiger partial charge in [0.05, 0.1) is 0 Å². The van der Waals surface area contributed by atoms with Gasteiger partial charge in [-0.2, -0.15) is 9.97 Å². The third kappa shape index (κ3) is 1.66. The van der Waals surface area contributed by atoms with Crippen LogP contribution in [0.4, 0.5) is 5.95 Å². The fourth-order valence-corrected chi connectivity index (χ4v) is 1.13. The van der Waals surface area contributed by atoms with Crippen molar-refractivity contribution in [3.63, 3.8) is 0 Å². The van der Waals surface area contributed by atoms with Crippen molar-refractivity contribution in [2.24, 2.45) is 0 Å². The van der Waals surface area contributed by atoms with E-state index in [4.69, 9.17) is 5.73 Å². The monoisotopic (exact) mass is 187 g/mol. The van der Waals surface area contributed by atoms with Crippen LogP contribution < -0.4 is 5.73 Å². The third-order valence-corrected chi connectivity index (χ3v) is 1.68. The van der Waals surface area contributed by atoms with E-state index in [1.807, 2.05) is 12.1 Å². The topological polar surface area (TPSA) is 77.6 Å². The van der Waals surface area contributed by atoms with Crippen molar-refractivity contribution in [1.82, 2.24) is 19.9 Å². The Bertz CT molecular complexity index is 420. The van der Waals surface area contributed by atoms with Crippen LogP contribution in [0.3, 0.4) is 0 Å². The Kier molecular flexibility index (Phi) is 2.06. The van der Waals surface area contributed by atoms with Gasteiger partial charge in [-0.1, -0.05) is 0 Å². The van der Waals surface area contributed by atoms with Crippen molar-refractivity contribution in [2.75, 3.05) is 5.73 Å². The molecule has 0 aliphatic heterocycles. The normalized spacial score (nSPS) is 10.1. The van der Waals surface area contributed by atoms with Gasteiger partial charge >= 0.3 is 0 Å². The minimum atomic E-state index is 0.233. The van der Waals surface area contributed by atoms with Gasteiger partial charge in [0.1, 0.15) is 5.82 Å².